The molecular formula is C15H21N3O. The van der Waals surface area contributed by atoms with Gasteiger partial charge in [-0.3, -0.25) is 0 Å². The van der Waals surface area contributed by atoms with E-state index in [4.69, 9.17) is 9.68 Å². The Balaban J connectivity index is 1.55. The zero-order chi connectivity index (χ0) is 13.2. The molecule has 2 aliphatic rings. The van der Waals surface area contributed by atoms with Crippen LogP contribution in [0.5, 0.6) is 0 Å². The van der Waals surface area contributed by atoms with Crippen molar-refractivity contribution < 1.29 is 4.42 Å². The summed E-state index contributed by atoms with van der Waals surface area (Å²) in [5.41, 5.74) is 0. The largest absolute Gasteiger partial charge is 0.449 e. The lowest BCUT2D eigenvalue weighted by Crippen LogP contribution is -2.54. The van der Waals surface area contributed by atoms with E-state index in [1.165, 1.54) is 32.1 Å². The quantitative estimate of drug-likeness (QED) is 0.904. The van der Waals surface area contributed by atoms with Crippen molar-refractivity contribution in [1.29, 1.82) is 5.26 Å². The number of fused-ring (bicyclic) bond motifs is 2. The minimum Gasteiger partial charge on any atom is -0.449 e. The van der Waals surface area contributed by atoms with Crippen LogP contribution in [0, 0.1) is 11.3 Å². The van der Waals surface area contributed by atoms with Gasteiger partial charge in [-0.25, -0.2) is 0 Å². The number of nitrogens with zero attached hydrogens (tertiary/aromatic N) is 2. The number of nitrogens with one attached hydrogen (secondary N) is 1. The summed E-state index contributed by atoms with van der Waals surface area (Å²) < 4.78 is 5.40. The lowest BCUT2D eigenvalue weighted by molar-refractivity contribution is 0.0478. The van der Waals surface area contributed by atoms with Gasteiger partial charge in [0.1, 0.15) is 11.8 Å². The van der Waals surface area contributed by atoms with E-state index in [0.29, 0.717) is 11.8 Å². The van der Waals surface area contributed by atoms with Crippen LogP contribution in [0.1, 0.15) is 43.6 Å². The first kappa shape index (κ1) is 12.7. The second-order valence-corrected chi connectivity index (χ2v) is 5.83. The third-order valence-corrected chi connectivity index (χ3v) is 4.68. The Morgan fingerprint density at radius 2 is 2.11 bits per heavy atom. The number of furan rings is 1. The second-order valence-electron chi connectivity index (χ2n) is 5.83. The van der Waals surface area contributed by atoms with Crippen molar-refractivity contribution >= 4 is 0 Å². The molecule has 0 spiro atoms. The van der Waals surface area contributed by atoms with E-state index < -0.39 is 0 Å². The van der Waals surface area contributed by atoms with Gasteiger partial charge in [-0.15, -0.1) is 0 Å². The Kier molecular flexibility index (Phi) is 3.58. The molecule has 0 radical (unpaired) electrons. The molecule has 3 heterocycles. The molecule has 3 rings (SSSR count). The van der Waals surface area contributed by atoms with E-state index in [9.17, 15) is 0 Å². The Hall–Kier alpha value is -1.31. The smallest absolute Gasteiger partial charge is 0.203 e. The van der Waals surface area contributed by atoms with Crippen LogP contribution in [0.3, 0.4) is 0 Å². The van der Waals surface area contributed by atoms with E-state index in [-0.39, 0.29) is 0 Å². The standard InChI is InChI=1S/C15H21N3O/c1-18-12-3-2-4-13(18)8-11(7-12)17-10-15-6-5-14(9-16)19-15/h5-6,11-13,17H,2-4,7-8,10H2,1H3. The maximum atomic E-state index is 8.74. The maximum Gasteiger partial charge on any atom is 0.203 e. The highest BCUT2D eigenvalue weighted by atomic mass is 16.3. The zero-order valence-electron chi connectivity index (χ0n) is 11.4. The minimum atomic E-state index is 0.400. The van der Waals surface area contributed by atoms with Crippen molar-refractivity contribution in [3.05, 3.63) is 23.7 Å². The van der Waals surface area contributed by atoms with Crippen molar-refractivity contribution in [3.8, 4) is 6.07 Å². The van der Waals surface area contributed by atoms with Crippen molar-refractivity contribution in [2.75, 3.05) is 7.05 Å². The van der Waals surface area contributed by atoms with Gasteiger partial charge < -0.3 is 14.6 Å². The summed E-state index contributed by atoms with van der Waals surface area (Å²) in [6.07, 6.45) is 6.53. The molecule has 1 N–H and O–H groups in total. The van der Waals surface area contributed by atoms with Crippen LogP contribution in [-0.4, -0.2) is 30.1 Å². The SMILES string of the molecule is CN1C2CCCC1CC(NCc1ccc(C#N)o1)C2. The molecule has 2 aliphatic heterocycles. The third kappa shape index (κ3) is 2.68. The van der Waals surface area contributed by atoms with Crippen LogP contribution in [0.2, 0.25) is 0 Å². The first-order valence-corrected chi connectivity index (χ1v) is 7.20. The summed E-state index contributed by atoms with van der Waals surface area (Å²) in [5, 5.41) is 12.3. The highest BCUT2D eigenvalue weighted by Gasteiger charge is 2.35. The Morgan fingerprint density at radius 3 is 2.74 bits per heavy atom. The monoisotopic (exact) mass is 259 g/mol. The molecule has 2 saturated heterocycles. The molecule has 0 amide bonds. The predicted octanol–water partition coefficient (Wildman–Crippen LogP) is 2.26. The van der Waals surface area contributed by atoms with Gasteiger partial charge in [-0.2, -0.15) is 5.26 Å². The first-order chi connectivity index (χ1) is 9.26. The summed E-state index contributed by atoms with van der Waals surface area (Å²) in [5.74, 6) is 1.26. The number of hydrogen-bond acceptors (Lipinski definition) is 4. The van der Waals surface area contributed by atoms with Gasteiger partial charge in [0.25, 0.3) is 0 Å². The van der Waals surface area contributed by atoms with Crippen LogP contribution in [0.15, 0.2) is 16.5 Å². The Bertz CT molecular complexity index is 462. The number of hydrogen-bond donors (Lipinski definition) is 1. The van der Waals surface area contributed by atoms with Gasteiger partial charge in [0.2, 0.25) is 5.76 Å². The molecule has 4 heteroatoms. The maximum absolute atomic E-state index is 8.74. The van der Waals surface area contributed by atoms with Crippen molar-refractivity contribution in [2.45, 2.75) is 56.8 Å². The molecule has 2 bridgehead atoms. The highest BCUT2D eigenvalue weighted by Crippen LogP contribution is 2.32. The third-order valence-electron chi connectivity index (χ3n) is 4.68. The second kappa shape index (κ2) is 5.36. The average Bonchev–Trinajstić information content (AvgIpc) is 2.85. The number of piperidine rings is 2. The fourth-order valence-electron chi connectivity index (χ4n) is 3.56. The van der Waals surface area contributed by atoms with Crippen molar-refractivity contribution in [3.63, 3.8) is 0 Å². The van der Waals surface area contributed by atoms with Crippen molar-refractivity contribution in [1.82, 2.24) is 10.2 Å². The molecule has 2 fully saturated rings. The van der Waals surface area contributed by atoms with Gasteiger partial charge in [-0.05, 0) is 44.9 Å². The molecule has 102 valence electrons. The molecule has 4 nitrogen and oxygen atoms in total. The first-order valence-electron chi connectivity index (χ1n) is 7.20. The van der Waals surface area contributed by atoms with E-state index >= 15 is 0 Å². The van der Waals surface area contributed by atoms with Gasteiger partial charge in [-0.1, -0.05) is 6.42 Å². The normalized spacial score (nSPS) is 31.1. The van der Waals surface area contributed by atoms with Gasteiger partial charge in [0.05, 0.1) is 6.54 Å². The van der Waals surface area contributed by atoms with Crippen LogP contribution in [0.25, 0.3) is 0 Å². The molecule has 0 saturated carbocycles. The van der Waals surface area contributed by atoms with E-state index in [0.717, 1.165) is 24.4 Å². The number of nitriles is 1. The topological polar surface area (TPSA) is 52.2 Å². The average molecular weight is 259 g/mol. The zero-order valence-corrected chi connectivity index (χ0v) is 11.4. The van der Waals surface area contributed by atoms with E-state index in [1.54, 1.807) is 6.07 Å². The van der Waals surface area contributed by atoms with E-state index in [2.05, 4.69) is 17.3 Å². The van der Waals surface area contributed by atoms with Crippen LogP contribution in [0.4, 0.5) is 0 Å². The molecule has 2 atom stereocenters. The number of rotatable bonds is 3. The molecule has 19 heavy (non-hydrogen) atoms. The lowest BCUT2D eigenvalue weighted by atomic mass is 9.82. The molecule has 1 aromatic rings. The van der Waals surface area contributed by atoms with Gasteiger partial charge in [0.15, 0.2) is 0 Å². The highest BCUT2D eigenvalue weighted by molar-refractivity contribution is 5.19. The molecule has 0 aromatic carbocycles. The summed E-state index contributed by atoms with van der Waals surface area (Å²) in [4.78, 5) is 2.57. The predicted molar refractivity (Wildman–Crippen MR) is 72.5 cm³/mol. The van der Waals surface area contributed by atoms with E-state index in [1.807, 2.05) is 12.1 Å². The summed E-state index contributed by atoms with van der Waals surface area (Å²) in [6.45, 7) is 0.732. The summed E-state index contributed by atoms with van der Waals surface area (Å²) >= 11 is 0. The van der Waals surface area contributed by atoms with Gasteiger partial charge in [0, 0.05) is 18.1 Å². The molecule has 1 aromatic heterocycles. The fourth-order valence-corrected chi connectivity index (χ4v) is 3.56. The van der Waals surface area contributed by atoms with Gasteiger partial charge >= 0.3 is 0 Å². The van der Waals surface area contributed by atoms with Crippen LogP contribution >= 0.6 is 0 Å². The van der Waals surface area contributed by atoms with Crippen molar-refractivity contribution in [2.24, 2.45) is 0 Å². The Morgan fingerprint density at radius 1 is 1.37 bits per heavy atom. The van der Waals surface area contributed by atoms with Crippen LogP contribution in [-0.2, 0) is 6.54 Å². The lowest BCUT2D eigenvalue weighted by Gasteiger charge is -2.47. The summed E-state index contributed by atoms with van der Waals surface area (Å²) in [7, 11) is 2.27. The fraction of sp³-hybridized carbons (Fsp3) is 0.667. The Labute approximate surface area is 114 Å². The minimum absolute atomic E-state index is 0.400. The molecule has 0 aliphatic carbocycles. The molecule has 2 unspecified atom stereocenters. The molecular weight excluding hydrogens is 238 g/mol. The van der Waals surface area contributed by atoms with Crippen LogP contribution < -0.4 is 5.32 Å². The summed E-state index contributed by atoms with van der Waals surface area (Å²) in [6, 6.07) is 7.73.